The highest BCUT2D eigenvalue weighted by atomic mass is 35.5. The van der Waals surface area contributed by atoms with Gasteiger partial charge in [0.05, 0.1) is 17.3 Å². The molecule has 0 aliphatic carbocycles. The number of rotatable bonds is 7. The zero-order valence-electron chi connectivity index (χ0n) is 16.1. The van der Waals surface area contributed by atoms with Crippen molar-refractivity contribution >= 4 is 54.2 Å². The third kappa shape index (κ3) is 4.37. The maximum atomic E-state index is 12.9. The third-order valence-electron chi connectivity index (χ3n) is 4.32. The first kappa shape index (κ1) is 21.5. The van der Waals surface area contributed by atoms with Crippen molar-refractivity contribution in [3.63, 3.8) is 0 Å². The van der Waals surface area contributed by atoms with Crippen LogP contribution in [-0.4, -0.2) is 43.8 Å². The molecule has 0 spiro atoms. The van der Waals surface area contributed by atoms with Crippen LogP contribution in [0.1, 0.15) is 24.2 Å². The lowest BCUT2D eigenvalue weighted by Gasteiger charge is -2.20. The second-order valence-electron chi connectivity index (χ2n) is 6.04. The molecule has 154 valence electrons. The van der Waals surface area contributed by atoms with E-state index in [9.17, 15) is 13.2 Å². The Morgan fingerprint density at radius 2 is 1.93 bits per heavy atom. The number of halogens is 1. The van der Waals surface area contributed by atoms with Gasteiger partial charge in [-0.25, -0.2) is 13.4 Å². The summed E-state index contributed by atoms with van der Waals surface area (Å²) in [6.45, 7) is 4.13. The van der Waals surface area contributed by atoms with Crippen molar-refractivity contribution in [1.29, 1.82) is 0 Å². The summed E-state index contributed by atoms with van der Waals surface area (Å²) in [6, 6.07) is 9.58. The summed E-state index contributed by atoms with van der Waals surface area (Å²) < 4.78 is 33.3. The molecule has 29 heavy (non-hydrogen) atoms. The van der Waals surface area contributed by atoms with Crippen molar-refractivity contribution in [1.82, 2.24) is 9.29 Å². The molecule has 0 fully saturated rings. The summed E-state index contributed by atoms with van der Waals surface area (Å²) in [6.07, 6.45) is 0. The molecule has 0 atom stereocenters. The van der Waals surface area contributed by atoms with E-state index < -0.39 is 15.9 Å². The van der Waals surface area contributed by atoms with Crippen molar-refractivity contribution in [2.45, 2.75) is 18.7 Å². The SMILES string of the molecule is CCN(CC)S(=O)(=O)c1cc(C(=O)Nc2nc3ccc(Cl)cc3s2)ccc1OC. The van der Waals surface area contributed by atoms with Gasteiger partial charge in [0.15, 0.2) is 5.13 Å². The molecule has 7 nitrogen and oxygen atoms in total. The van der Waals surface area contributed by atoms with Gasteiger partial charge >= 0.3 is 0 Å². The van der Waals surface area contributed by atoms with Crippen LogP contribution in [0.3, 0.4) is 0 Å². The number of ether oxygens (including phenoxy) is 1. The van der Waals surface area contributed by atoms with Crippen molar-refractivity contribution < 1.29 is 17.9 Å². The van der Waals surface area contributed by atoms with Crippen LogP contribution in [0, 0.1) is 0 Å². The van der Waals surface area contributed by atoms with Gasteiger partial charge in [-0.2, -0.15) is 4.31 Å². The fourth-order valence-electron chi connectivity index (χ4n) is 2.84. The van der Waals surface area contributed by atoms with E-state index in [2.05, 4.69) is 10.3 Å². The van der Waals surface area contributed by atoms with E-state index in [0.717, 1.165) is 4.70 Å². The molecule has 0 radical (unpaired) electrons. The molecule has 0 unspecified atom stereocenters. The van der Waals surface area contributed by atoms with Gasteiger partial charge in [-0.3, -0.25) is 10.1 Å². The second kappa shape index (κ2) is 8.66. The number of sulfonamides is 1. The maximum Gasteiger partial charge on any atom is 0.257 e. The van der Waals surface area contributed by atoms with Crippen molar-refractivity contribution in [3.05, 3.63) is 47.0 Å². The van der Waals surface area contributed by atoms with E-state index in [-0.39, 0.29) is 16.2 Å². The number of nitrogens with one attached hydrogen (secondary N) is 1. The summed E-state index contributed by atoms with van der Waals surface area (Å²) in [5, 5.41) is 3.70. The highest BCUT2D eigenvalue weighted by molar-refractivity contribution is 7.89. The Morgan fingerprint density at radius 1 is 1.21 bits per heavy atom. The molecular weight excluding hydrogens is 434 g/mol. The first-order valence-corrected chi connectivity index (χ1v) is 11.5. The van der Waals surface area contributed by atoms with Crippen LogP contribution < -0.4 is 10.1 Å². The number of carbonyl (C=O) groups is 1. The molecule has 3 rings (SSSR count). The average Bonchev–Trinajstić information content (AvgIpc) is 3.09. The molecule has 0 bridgehead atoms. The summed E-state index contributed by atoms with van der Waals surface area (Å²) in [7, 11) is -2.41. The molecule has 0 saturated carbocycles. The summed E-state index contributed by atoms with van der Waals surface area (Å²) in [5.74, 6) is -0.281. The van der Waals surface area contributed by atoms with Crippen LogP contribution in [0.2, 0.25) is 5.02 Å². The molecule has 10 heteroatoms. The van der Waals surface area contributed by atoms with Gasteiger partial charge in [-0.1, -0.05) is 36.8 Å². The monoisotopic (exact) mass is 453 g/mol. The summed E-state index contributed by atoms with van der Waals surface area (Å²) in [4.78, 5) is 17.0. The molecular formula is C19H20ClN3O4S2. The highest BCUT2D eigenvalue weighted by Crippen LogP contribution is 2.30. The fraction of sp³-hybridized carbons (Fsp3) is 0.263. The largest absolute Gasteiger partial charge is 0.495 e. The highest BCUT2D eigenvalue weighted by Gasteiger charge is 2.27. The van der Waals surface area contributed by atoms with Crippen LogP contribution in [0.4, 0.5) is 5.13 Å². The van der Waals surface area contributed by atoms with E-state index in [1.807, 2.05) is 0 Å². The number of methoxy groups -OCH3 is 1. The van der Waals surface area contributed by atoms with Crippen LogP contribution in [0.15, 0.2) is 41.3 Å². The summed E-state index contributed by atoms with van der Waals surface area (Å²) in [5.41, 5.74) is 0.906. The van der Waals surface area contributed by atoms with Crippen LogP contribution >= 0.6 is 22.9 Å². The molecule has 1 N–H and O–H groups in total. The number of thiazole rings is 1. The Hall–Kier alpha value is -2.20. The normalized spacial score (nSPS) is 11.8. The maximum absolute atomic E-state index is 12.9. The van der Waals surface area contributed by atoms with Crippen molar-refractivity contribution in [2.24, 2.45) is 0 Å². The molecule has 1 aromatic heterocycles. The predicted octanol–water partition coefficient (Wildman–Crippen LogP) is 4.24. The third-order valence-corrected chi connectivity index (χ3v) is 7.56. The van der Waals surface area contributed by atoms with E-state index in [1.165, 1.54) is 41.0 Å². The minimum Gasteiger partial charge on any atom is -0.495 e. The number of nitrogens with zero attached hydrogens (tertiary/aromatic N) is 2. The topological polar surface area (TPSA) is 88.6 Å². The van der Waals surface area contributed by atoms with E-state index in [4.69, 9.17) is 16.3 Å². The molecule has 3 aromatic rings. The second-order valence-corrected chi connectivity index (χ2v) is 9.41. The van der Waals surface area contributed by atoms with Crippen LogP contribution in [0.5, 0.6) is 5.75 Å². The smallest absolute Gasteiger partial charge is 0.257 e. The van der Waals surface area contributed by atoms with E-state index in [0.29, 0.717) is 28.8 Å². The van der Waals surface area contributed by atoms with Gasteiger partial charge < -0.3 is 4.74 Å². The molecule has 2 aromatic carbocycles. The Morgan fingerprint density at radius 3 is 2.59 bits per heavy atom. The lowest BCUT2D eigenvalue weighted by molar-refractivity contribution is 0.102. The fourth-order valence-corrected chi connectivity index (χ4v) is 5.62. The van der Waals surface area contributed by atoms with Gasteiger partial charge in [-0.15, -0.1) is 0 Å². The van der Waals surface area contributed by atoms with Crippen LogP contribution in [-0.2, 0) is 10.0 Å². The van der Waals surface area contributed by atoms with E-state index >= 15 is 0 Å². The van der Waals surface area contributed by atoms with Gasteiger partial charge in [-0.05, 0) is 36.4 Å². The number of carbonyl (C=O) groups excluding carboxylic acids is 1. The first-order valence-electron chi connectivity index (χ1n) is 8.85. The average molecular weight is 454 g/mol. The van der Waals surface area contributed by atoms with Crippen LogP contribution in [0.25, 0.3) is 10.2 Å². The lowest BCUT2D eigenvalue weighted by Crippen LogP contribution is -2.31. The number of amides is 1. The van der Waals surface area contributed by atoms with Gasteiger partial charge in [0, 0.05) is 23.7 Å². The quantitative estimate of drug-likeness (QED) is 0.578. The standard InChI is InChI=1S/C19H20ClN3O4S2/c1-4-23(5-2)29(25,26)17-10-12(6-9-15(17)27-3)18(24)22-19-21-14-8-7-13(20)11-16(14)28-19/h6-11H,4-5H2,1-3H3,(H,21,22,24). The minimum absolute atomic E-state index is 0.0487. The van der Waals surface area contributed by atoms with E-state index in [1.54, 1.807) is 32.0 Å². The number of aromatic nitrogens is 1. The Bertz CT molecular complexity index is 1160. The predicted molar refractivity (Wildman–Crippen MR) is 116 cm³/mol. The Labute approximate surface area is 178 Å². The Kier molecular flexibility index (Phi) is 6.42. The zero-order valence-corrected chi connectivity index (χ0v) is 18.5. The minimum atomic E-state index is -3.80. The molecule has 0 saturated heterocycles. The van der Waals surface area contributed by atoms with Gasteiger partial charge in [0.25, 0.3) is 5.91 Å². The van der Waals surface area contributed by atoms with Gasteiger partial charge in [0.2, 0.25) is 10.0 Å². The molecule has 0 aliphatic heterocycles. The molecule has 0 aliphatic rings. The number of hydrogen-bond acceptors (Lipinski definition) is 6. The lowest BCUT2D eigenvalue weighted by atomic mass is 10.2. The Balaban J connectivity index is 1.94. The number of hydrogen-bond donors (Lipinski definition) is 1. The van der Waals surface area contributed by atoms with Gasteiger partial charge in [0.1, 0.15) is 10.6 Å². The molecule has 1 amide bonds. The van der Waals surface area contributed by atoms with Crippen molar-refractivity contribution in [2.75, 3.05) is 25.5 Å². The number of fused-ring (bicyclic) bond motifs is 1. The number of benzene rings is 2. The zero-order chi connectivity index (χ0) is 21.2. The summed E-state index contributed by atoms with van der Waals surface area (Å²) >= 11 is 7.27. The number of anilines is 1. The first-order chi connectivity index (χ1) is 13.8. The van der Waals surface area contributed by atoms with Crippen molar-refractivity contribution in [3.8, 4) is 5.75 Å². The molecule has 1 heterocycles.